The molecule has 16 heteroatoms. The molecule has 0 aliphatic heterocycles. The summed E-state index contributed by atoms with van der Waals surface area (Å²) in [7, 11) is -2.78. The lowest BCUT2D eigenvalue weighted by Crippen LogP contribution is -2.35. The van der Waals surface area contributed by atoms with Gasteiger partial charge in [-0.15, -0.1) is 0 Å². The van der Waals surface area contributed by atoms with Gasteiger partial charge < -0.3 is 14.7 Å². The molecule has 0 fully saturated rings. The number of thioether (sulfide) groups is 1. The number of amides is 2. The highest BCUT2D eigenvalue weighted by Gasteiger charge is 2.31. The molecule has 1 heterocycles. The van der Waals surface area contributed by atoms with Crippen LogP contribution in [-0.2, 0) is 19.7 Å². The number of methoxy groups -OCH3 is 1. The van der Waals surface area contributed by atoms with Crippen molar-refractivity contribution in [3.05, 3.63) is 46.4 Å². The van der Waals surface area contributed by atoms with Gasteiger partial charge in [-0.25, -0.2) is 17.9 Å². The topological polar surface area (TPSA) is 182 Å². The van der Waals surface area contributed by atoms with Gasteiger partial charge in [0.2, 0.25) is 5.95 Å². The fraction of sp³-hybridized carbons (Fsp3) is 0.517. The molecule has 1 aliphatic rings. The van der Waals surface area contributed by atoms with E-state index in [0.29, 0.717) is 48.2 Å². The average molecular weight is 685 g/mol. The number of urea groups is 1. The standard InChI is InChI=1S/C17H29NO3S.C12H12ClN5O4S/c1-5-8-14(18-21-6-2)17-15(19)10-13(11-16(17)20)9-12(4)22-7-3;1-7-14-10(17-12(15-7)22-2)16-11(19)18-23(20,21)9-6-4-3-5-8(9)13/h12-13,19H,5-11H2,1-4H3;3-6H,1-2H3,(H2,14,15,16,17,18,19). The average Bonchev–Trinajstić information content (AvgIpc) is 2.95. The van der Waals surface area contributed by atoms with Crippen LogP contribution in [0.1, 0.15) is 65.6 Å². The van der Waals surface area contributed by atoms with Crippen LogP contribution in [0.2, 0.25) is 5.02 Å². The second-order valence-corrected chi connectivity index (χ2v) is 13.7. The molecule has 2 unspecified atom stereocenters. The van der Waals surface area contributed by atoms with Crippen molar-refractivity contribution in [1.82, 2.24) is 19.7 Å². The van der Waals surface area contributed by atoms with Gasteiger partial charge in [0.1, 0.15) is 23.1 Å². The molecule has 45 heavy (non-hydrogen) atoms. The van der Waals surface area contributed by atoms with Crippen molar-refractivity contribution >= 4 is 56.9 Å². The number of nitrogens with one attached hydrogen (secondary N) is 2. The number of oxime groups is 1. The summed E-state index contributed by atoms with van der Waals surface area (Å²) in [6.07, 6.45) is 3.56. The maximum atomic E-state index is 12.5. The molecule has 3 N–H and O–H groups in total. The zero-order chi connectivity index (χ0) is 33.6. The zero-order valence-corrected chi connectivity index (χ0v) is 28.7. The predicted molar refractivity (Wildman–Crippen MR) is 175 cm³/mol. The van der Waals surface area contributed by atoms with Crippen LogP contribution in [0.5, 0.6) is 6.01 Å². The molecule has 1 aliphatic carbocycles. The Labute approximate surface area is 273 Å². The van der Waals surface area contributed by atoms with Crippen molar-refractivity contribution in [2.45, 2.75) is 76.9 Å². The fourth-order valence-corrected chi connectivity index (χ4v) is 6.86. The normalized spacial score (nSPS) is 15.9. The molecule has 0 spiro atoms. The molecule has 0 saturated carbocycles. The molecule has 248 valence electrons. The van der Waals surface area contributed by atoms with E-state index in [1.165, 1.54) is 25.3 Å². The van der Waals surface area contributed by atoms with E-state index in [9.17, 15) is 23.1 Å². The Morgan fingerprint density at radius 2 is 1.91 bits per heavy atom. The Hall–Kier alpha value is -3.43. The van der Waals surface area contributed by atoms with E-state index >= 15 is 0 Å². The Morgan fingerprint density at radius 3 is 2.51 bits per heavy atom. The molecular weight excluding hydrogens is 644 g/mol. The molecule has 0 radical (unpaired) electrons. The van der Waals surface area contributed by atoms with Crippen molar-refractivity contribution in [3.8, 4) is 6.01 Å². The molecule has 3 rings (SSSR count). The number of sulfonamides is 1. The number of aromatic nitrogens is 3. The van der Waals surface area contributed by atoms with Gasteiger partial charge in [0.15, 0.2) is 5.78 Å². The third-order valence-corrected chi connectivity index (χ3v) is 9.13. The lowest BCUT2D eigenvalue weighted by Gasteiger charge is -2.25. The Balaban J connectivity index is 0.000000314. The molecule has 0 bridgehead atoms. The minimum absolute atomic E-state index is 0.00866. The van der Waals surface area contributed by atoms with Crippen molar-refractivity contribution in [1.29, 1.82) is 0 Å². The van der Waals surface area contributed by atoms with E-state index in [1.54, 1.807) is 13.0 Å². The van der Waals surface area contributed by atoms with Crippen LogP contribution in [0, 0.1) is 12.8 Å². The summed E-state index contributed by atoms with van der Waals surface area (Å²) in [5, 5.41) is 17.1. The Bertz CT molecular complexity index is 1490. The summed E-state index contributed by atoms with van der Waals surface area (Å²) in [5.74, 6) is 1.66. The first-order valence-electron chi connectivity index (χ1n) is 14.5. The minimum Gasteiger partial charge on any atom is -0.511 e. The van der Waals surface area contributed by atoms with Gasteiger partial charge in [-0.2, -0.15) is 26.7 Å². The van der Waals surface area contributed by atoms with E-state index in [4.69, 9.17) is 21.2 Å². The first kappa shape index (κ1) is 37.8. The number of ketones is 1. The van der Waals surface area contributed by atoms with Gasteiger partial charge in [0.05, 0.1) is 23.4 Å². The Morgan fingerprint density at radius 1 is 1.20 bits per heavy atom. The third-order valence-electron chi connectivity index (χ3n) is 6.21. The number of halogens is 1. The molecule has 13 nitrogen and oxygen atoms in total. The van der Waals surface area contributed by atoms with E-state index in [1.807, 2.05) is 30.3 Å². The number of aliphatic hydroxyl groups excluding tert-OH is 1. The largest absolute Gasteiger partial charge is 0.511 e. The van der Waals surface area contributed by atoms with Crippen LogP contribution in [0.3, 0.4) is 0 Å². The third kappa shape index (κ3) is 12.1. The molecule has 0 saturated heterocycles. The summed E-state index contributed by atoms with van der Waals surface area (Å²) in [5.41, 5.74) is 1.00. The van der Waals surface area contributed by atoms with E-state index in [2.05, 4.69) is 39.3 Å². The molecule has 2 atom stereocenters. The SMILES string of the molecule is CCCC(=NOCC)C1=C(O)CC(CC(C)SCC)CC1=O.COc1nc(C)nc(NC(=O)NS(=O)(=O)c2ccccc2Cl)n1. The summed E-state index contributed by atoms with van der Waals surface area (Å²) in [6, 6.07) is 4.67. The minimum atomic E-state index is -4.13. The molecule has 1 aromatic carbocycles. The van der Waals surface area contributed by atoms with Gasteiger partial charge in [0.25, 0.3) is 10.0 Å². The quantitative estimate of drug-likeness (QED) is 0.170. The number of aliphatic hydroxyl groups is 1. The number of carbonyl (C=O) groups is 2. The number of allylic oxidation sites excluding steroid dienone is 2. The summed E-state index contributed by atoms with van der Waals surface area (Å²) < 4.78 is 30.9. The van der Waals surface area contributed by atoms with Gasteiger partial charge in [-0.1, -0.05) is 56.1 Å². The van der Waals surface area contributed by atoms with Crippen LogP contribution in [0.15, 0.2) is 45.6 Å². The van der Waals surface area contributed by atoms with Crippen LogP contribution >= 0.6 is 23.4 Å². The van der Waals surface area contributed by atoms with Gasteiger partial charge in [-0.05, 0) is 50.5 Å². The van der Waals surface area contributed by atoms with Gasteiger partial charge in [-0.3, -0.25) is 10.1 Å². The van der Waals surface area contributed by atoms with Crippen molar-refractivity contribution in [2.24, 2.45) is 11.1 Å². The number of rotatable bonds is 13. The van der Waals surface area contributed by atoms with Crippen LogP contribution in [-0.4, -0.2) is 70.7 Å². The number of nitrogens with zero attached hydrogens (tertiary/aromatic N) is 4. The molecule has 2 amide bonds. The van der Waals surface area contributed by atoms with Crippen LogP contribution in [0.25, 0.3) is 0 Å². The van der Waals surface area contributed by atoms with Crippen molar-refractivity contribution in [3.63, 3.8) is 0 Å². The molecule has 2 aromatic rings. The number of Topliss-reactive ketones (excluding diaryl/α,β-unsaturated/α-hetero) is 1. The lowest BCUT2D eigenvalue weighted by atomic mass is 9.82. The maximum absolute atomic E-state index is 12.5. The van der Waals surface area contributed by atoms with E-state index < -0.39 is 16.1 Å². The van der Waals surface area contributed by atoms with E-state index in [-0.39, 0.29) is 39.3 Å². The number of aryl methyl sites for hydroxylation is 1. The molecule has 1 aromatic heterocycles. The lowest BCUT2D eigenvalue weighted by molar-refractivity contribution is -0.116. The van der Waals surface area contributed by atoms with Crippen molar-refractivity contribution < 1.29 is 32.7 Å². The van der Waals surface area contributed by atoms with Gasteiger partial charge in [0, 0.05) is 18.1 Å². The number of hydrogen-bond donors (Lipinski definition) is 3. The summed E-state index contributed by atoms with van der Waals surface area (Å²) in [4.78, 5) is 40.7. The first-order chi connectivity index (χ1) is 21.3. The second kappa shape index (κ2) is 18.5. The maximum Gasteiger partial charge on any atom is 0.335 e. The highest BCUT2D eigenvalue weighted by atomic mass is 35.5. The van der Waals surface area contributed by atoms with Gasteiger partial charge >= 0.3 is 12.0 Å². The summed E-state index contributed by atoms with van der Waals surface area (Å²) in [6.45, 7) is 10.2. The first-order valence-corrected chi connectivity index (χ1v) is 17.4. The second-order valence-electron chi connectivity index (χ2n) is 9.91. The summed E-state index contributed by atoms with van der Waals surface area (Å²) >= 11 is 7.71. The molecular formula is C29H41ClN6O7S2. The number of benzene rings is 1. The Kier molecular flexibility index (Phi) is 15.5. The van der Waals surface area contributed by atoms with Crippen LogP contribution in [0.4, 0.5) is 10.7 Å². The highest BCUT2D eigenvalue weighted by molar-refractivity contribution is 7.99. The highest BCUT2D eigenvalue weighted by Crippen LogP contribution is 2.32. The number of carbonyl (C=O) groups excluding carboxylic acids is 2. The van der Waals surface area contributed by atoms with Crippen molar-refractivity contribution in [2.75, 3.05) is 24.8 Å². The number of ether oxygens (including phenoxy) is 1. The van der Waals surface area contributed by atoms with Crippen LogP contribution < -0.4 is 14.8 Å². The number of anilines is 1. The predicted octanol–water partition coefficient (Wildman–Crippen LogP) is 5.85. The fourth-order valence-electron chi connectivity index (χ4n) is 4.46. The smallest absolute Gasteiger partial charge is 0.335 e. The number of hydrogen-bond acceptors (Lipinski definition) is 12. The zero-order valence-electron chi connectivity index (χ0n) is 26.3. The van der Waals surface area contributed by atoms with E-state index in [0.717, 1.165) is 18.6 Å². The monoisotopic (exact) mass is 684 g/mol.